The van der Waals surface area contributed by atoms with E-state index < -0.39 is 14.9 Å². The Bertz CT molecular complexity index is 521. The Hall–Kier alpha value is -1.57. The Morgan fingerprint density at radius 3 is 2.07 bits per heavy atom. The summed E-state index contributed by atoms with van der Waals surface area (Å²) >= 11 is 0. The fourth-order valence-electron chi connectivity index (χ4n) is 2.38. The Kier molecular flexibility index (Phi) is 10.4. The number of likely N-dealkylation sites (N-methyl/N-ethyl adjacent to an activating group) is 1. The number of anilines is 3. The van der Waals surface area contributed by atoms with Crippen molar-refractivity contribution in [3.63, 3.8) is 0 Å². The normalized spacial score (nSPS) is 12.7. The Labute approximate surface area is 161 Å². The zero-order chi connectivity index (χ0) is 20.3. The molecule has 1 heterocycles. The van der Waals surface area contributed by atoms with Gasteiger partial charge < -0.3 is 38.7 Å². The highest BCUT2D eigenvalue weighted by atomic mass is 28.4. The lowest BCUT2D eigenvalue weighted by Crippen LogP contribution is -2.42. The molecule has 0 fully saturated rings. The lowest BCUT2D eigenvalue weighted by atomic mass is 10.3. The lowest BCUT2D eigenvalue weighted by molar-refractivity contribution is 0.0387. The minimum atomic E-state index is -2.57. The van der Waals surface area contributed by atoms with Crippen LogP contribution in [0, 0.1) is 0 Å². The van der Waals surface area contributed by atoms with Crippen molar-refractivity contribution in [2.24, 2.45) is 0 Å². The molecule has 11 nitrogen and oxygen atoms in total. The van der Waals surface area contributed by atoms with E-state index in [1.54, 1.807) is 47.4 Å². The molecule has 156 valence electrons. The predicted octanol–water partition coefficient (Wildman–Crippen LogP) is 0.0369. The quantitative estimate of drug-likeness (QED) is 0.287. The molecule has 0 radical (unpaired) electrons. The number of nitrogens with one attached hydrogen (secondary N) is 2. The molecule has 0 aliphatic carbocycles. The molecule has 0 amide bonds. The van der Waals surface area contributed by atoms with Gasteiger partial charge in [0.25, 0.3) is 0 Å². The number of nitrogens with zero attached hydrogens (tertiary/aromatic N) is 4. The van der Waals surface area contributed by atoms with Gasteiger partial charge in [0, 0.05) is 61.7 Å². The largest absolute Gasteiger partial charge is 0.500 e. The van der Waals surface area contributed by atoms with E-state index >= 15 is 0 Å². The van der Waals surface area contributed by atoms with Crippen LogP contribution in [0.15, 0.2) is 0 Å². The van der Waals surface area contributed by atoms with Gasteiger partial charge in [-0.15, -0.1) is 0 Å². The van der Waals surface area contributed by atoms with Gasteiger partial charge in [-0.25, -0.2) is 0 Å². The second-order valence-corrected chi connectivity index (χ2v) is 8.88. The summed E-state index contributed by atoms with van der Waals surface area (Å²) in [4.78, 5) is 14.5. The van der Waals surface area contributed by atoms with E-state index in [1.807, 2.05) is 0 Å². The first-order valence-electron chi connectivity index (χ1n) is 8.67. The summed E-state index contributed by atoms with van der Waals surface area (Å²) in [5.41, 5.74) is 0. The summed E-state index contributed by atoms with van der Waals surface area (Å²) in [7, 11) is 7.44. The van der Waals surface area contributed by atoms with Crippen molar-refractivity contribution in [2.45, 2.75) is 18.6 Å². The monoisotopic (exact) mass is 404 g/mol. The first-order valence-corrected chi connectivity index (χ1v) is 10.6. The highest BCUT2D eigenvalue weighted by Crippen LogP contribution is 2.15. The van der Waals surface area contributed by atoms with Crippen LogP contribution in [0.2, 0.25) is 6.04 Å². The second-order valence-electron chi connectivity index (χ2n) is 5.79. The SMILES string of the molecule is CNc1nc(NC)nc(N(C)CC(O)COCCC[Si](OC)(OC)OC)n1. The molecule has 0 saturated heterocycles. The maximum atomic E-state index is 10.2. The van der Waals surface area contributed by atoms with Gasteiger partial charge in [-0.2, -0.15) is 15.0 Å². The average Bonchev–Trinajstić information content (AvgIpc) is 2.70. The van der Waals surface area contributed by atoms with Crippen LogP contribution in [0.1, 0.15) is 6.42 Å². The molecule has 1 rings (SSSR count). The maximum absolute atomic E-state index is 10.2. The molecular weight excluding hydrogens is 372 g/mol. The van der Waals surface area contributed by atoms with Crippen molar-refractivity contribution in [3.05, 3.63) is 0 Å². The predicted molar refractivity (Wildman–Crippen MR) is 105 cm³/mol. The molecule has 3 N–H and O–H groups in total. The Balaban J connectivity index is 2.41. The lowest BCUT2D eigenvalue weighted by Gasteiger charge is -2.24. The third-order valence-electron chi connectivity index (χ3n) is 3.91. The zero-order valence-corrected chi connectivity index (χ0v) is 18.0. The van der Waals surface area contributed by atoms with Crippen LogP contribution in [-0.2, 0) is 18.0 Å². The van der Waals surface area contributed by atoms with E-state index in [-0.39, 0.29) is 6.61 Å². The number of rotatable bonds is 14. The minimum Gasteiger partial charge on any atom is -0.389 e. The van der Waals surface area contributed by atoms with Gasteiger partial charge >= 0.3 is 8.80 Å². The number of hydrogen-bond donors (Lipinski definition) is 3. The van der Waals surface area contributed by atoms with Crippen LogP contribution in [-0.4, -0.2) is 97.2 Å². The number of aliphatic hydroxyl groups excluding tert-OH is 1. The fraction of sp³-hybridized carbons (Fsp3) is 0.800. The molecule has 0 bridgehead atoms. The van der Waals surface area contributed by atoms with Gasteiger partial charge in [0.15, 0.2) is 0 Å². The van der Waals surface area contributed by atoms with Crippen molar-refractivity contribution in [3.8, 4) is 0 Å². The Morgan fingerprint density at radius 2 is 1.59 bits per heavy atom. The number of ether oxygens (including phenoxy) is 1. The van der Waals surface area contributed by atoms with Crippen LogP contribution >= 0.6 is 0 Å². The van der Waals surface area contributed by atoms with Gasteiger partial charge in [-0.05, 0) is 6.42 Å². The summed E-state index contributed by atoms with van der Waals surface area (Å²) in [6.45, 7) is 1.00. The van der Waals surface area contributed by atoms with Gasteiger partial charge in [-0.3, -0.25) is 0 Å². The zero-order valence-electron chi connectivity index (χ0n) is 17.0. The molecule has 1 atom stereocenters. The molecular formula is C15H32N6O5Si. The molecule has 1 unspecified atom stereocenters. The minimum absolute atomic E-state index is 0.203. The van der Waals surface area contributed by atoms with Crippen LogP contribution in [0.4, 0.5) is 17.8 Å². The van der Waals surface area contributed by atoms with E-state index in [2.05, 4.69) is 25.6 Å². The molecule has 0 aliphatic heterocycles. The molecule has 0 aliphatic rings. The molecule has 27 heavy (non-hydrogen) atoms. The molecule has 1 aromatic heterocycles. The van der Waals surface area contributed by atoms with Gasteiger partial charge in [0.1, 0.15) is 0 Å². The standard InChI is InChI=1S/C15H32N6O5Si/c1-16-13-18-14(17-2)20-15(19-13)21(3)10-12(22)11-26-8-7-9-27(23-4,24-5)25-6/h12,22H,7-11H2,1-6H3,(H2,16,17,18,19,20). The first-order chi connectivity index (χ1) is 12.9. The highest BCUT2D eigenvalue weighted by molar-refractivity contribution is 6.60. The van der Waals surface area contributed by atoms with E-state index in [0.29, 0.717) is 37.0 Å². The van der Waals surface area contributed by atoms with Crippen LogP contribution in [0.25, 0.3) is 0 Å². The summed E-state index contributed by atoms with van der Waals surface area (Å²) in [6, 6.07) is 0.650. The van der Waals surface area contributed by atoms with Crippen molar-refractivity contribution >= 4 is 26.6 Å². The fourth-order valence-corrected chi connectivity index (χ4v) is 4.07. The van der Waals surface area contributed by atoms with Crippen molar-refractivity contribution in [2.75, 3.05) is 77.8 Å². The maximum Gasteiger partial charge on any atom is 0.500 e. The van der Waals surface area contributed by atoms with Crippen molar-refractivity contribution in [1.29, 1.82) is 0 Å². The number of aliphatic hydroxyl groups is 1. The molecule has 0 spiro atoms. The summed E-state index contributed by atoms with van der Waals surface area (Å²) in [5.74, 6) is 1.35. The number of hydrogen-bond acceptors (Lipinski definition) is 11. The first kappa shape index (κ1) is 23.5. The summed E-state index contributed by atoms with van der Waals surface area (Å²) < 4.78 is 21.6. The second kappa shape index (κ2) is 12.0. The average molecular weight is 405 g/mol. The number of aromatic nitrogens is 3. The van der Waals surface area contributed by atoms with Crippen molar-refractivity contribution < 1.29 is 23.1 Å². The van der Waals surface area contributed by atoms with E-state index in [4.69, 9.17) is 18.0 Å². The summed E-state index contributed by atoms with van der Waals surface area (Å²) in [6.07, 6.45) is 0.0339. The van der Waals surface area contributed by atoms with Gasteiger partial charge in [0.05, 0.1) is 12.7 Å². The van der Waals surface area contributed by atoms with Crippen molar-refractivity contribution in [1.82, 2.24) is 15.0 Å². The highest BCUT2D eigenvalue weighted by Gasteiger charge is 2.36. The Morgan fingerprint density at radius 1 is 1.04 bits per heavy atom. The smallest absolute Gasteiger partial charge is 0.389 e. The van der Waals surface area contributed by atoms with E-state index in [9.17, 15) is 5.11 Å². The third-order valence-corrected chi connectivity index (χ3v) is 6.74. The molecule has 0 saturated carbocycles. The van der Waals surface area contributed by atoms with Crippen LogP contribution < -0.4 is 15.5 Å². The molecule has 12 heteroatoms. The summed E-state index contributed by atoms with van der Waals surface area (Å²) in [5, 5.41) is 16.0. The van der Waals surface area contributed by atoms with Crippen LogP contribution in [0.3, 0.4) is 0 Å². The van der Waals surface area contributed by atoms with E-state index in [0.717, 1.165) is 6.42 Å². The van der Waals surface area contributed by atoms with Crippen LogP contribution in [0.5, 0.6) is 0 Å². The molecule has 0 aromatic carbocycles. The van der Waals surface area contributed by atoms with Gasteiger partial charge in [-0.1, -0.05) is 0 Å². The van der Waals surface area contributed by atoms with Gasteiger partial charge in [0.2, 0.25) is 17.8 Å². The molecule has 1 aromatic rings. The van der Waals surface area contributed by atoms with E-state index in [1.165, 1.54) is 0 Å². The third kappa shape index (κ3) is 7.52. The topological polar surface area (TPSA) is 123 Å².